The Hall–Kier alpha value is -3.00. The van der Waals surface area contributed by atoms with Gasteiger partial charge in [-0.05, 0) is 59.3 Å². The SMILES string of the molecule is O=C(Nc1ccc(-c2cccs2)c2c1C(=O)CC2)c1ccc(NCCN2CCOCC2)cc1. The maximum Gasteiger partial charge on any atom is 0.255 e. The fraction of sp³-hybridized carbons (Fsp3) is 0.308. The smallest absolute Gasteiger partial charge is 0.255 e. The first kappa shape index (κ1) is 21.8. The minimum atomic E-state index is -0.208. The van der Waals surface area contributed by atoms with Crippen molar-refractivity contribution in [3.05, 3.63) is 70.6 Å². The molecule has 2 heterocycles. The number of nitrogens with one attached hydrogen (secondary N) is 2. The van der Waals surface area contributed by atoms with Gasteiger partial charge in [-0.15, -0.1) is 11.3 Å². The summed E-state index contributed by atoms with van der Waals surface area (Å²) in [5, 5.41) is 8.42. The number of hydrogen-bond acceptors (Lipinski definition) is 6. The van der Waals surface area contributed by atoms with Gasteiger partial charge in [-0.2, -0.15) is 0 Å². The zero-order valence-corrected chi connectivity index (χ0v) is 19.2. The number of morpholine rings is 1. The van der Waals surface area contributed by atoms with Gasteiger partial charge in [0.15, 0.2) is 5.78 Å². The molecule has 7 heteroatoms. The van der Waals surface area contributed by atoms with Gasteiger partial charge in [-0.1, -0.05) is 12.1 Å². The van der Waals surface area contributed by atoms with Crippen molar-refractivity contribution in [2.75, 3.05) is 50.0 Å². The van der Waals surface area contributed by atoms with Crippen LogP contribution in [0, 0.1) is 0 Å². The van der Waals surface area contributed by atoms with E-state index in [0.717, 1.165) is 67.5 Å². The highest BCUT2D eigenvalue weighted by atomic mass is 32.1. The van der Waals surface area contributed by atoms with Crippen molar-refractivity contribution in [3.63, 3.8) is 0 Å². The number of carbonyl (C=O) groups is 2. The molecule has 1 aliphatic carbocycles. The van der Waals surface area contributed by atoms with E-state index in [4.69, 9.17) is 4.74 Å². The number of hydrogen-bond donors (Lipinski definition) is 2. The molecule has 170 valence electrons. The number of nitrogens with zero attached hydrogens (tertiary/aromatic N) is 1. The molecule has 6 nitrogen and oxygen atoms in total. The summed E-state index contributed by atoms with van der Waals surface area (Å²) in [7, 11) is 0. The first-order valence-electron chi connectivity index (χ1n) is 11.4. The predicted octanol–water partition coefficient (Wildman–Crippen LogP) is 4.54. The van der Waals surface area contributed by atoms with Crippen LogP contribution in [0.4, 0.5) is 11.4 Å². The van der Waals surface area contributed by atoms with E-state index in [-0.39, 0.29) is 11.7 Å². The molecule has 2 N–H and O–H groups in total. The van der Waals surface area contributed by atoms with E-state index in [2.05, 4.69) is 21.6 Å². The van der Waals surface area contributed by atoms with Crippen molar-refractivity contribution >= 4 is 34.4 Å². The van der Waals surface area contributed by atoms with Crippen LogP contribution in [-0.2, 0) is 11.2 Å². The molecule has 1 amide bonds. The summed E-state index contributed by atoms with van der Waals surface area (Å²) in [4.78, 5) is 29.1. The summed E-state index contributed by atoms with van der Waals surface area (Å²) in [6, 6.07) is 15.4. The summed E-state index contributed by atoms with van der Waals surface area (Å²) >= 11 is 1.66. The van der Waals surface area contributed by atoms with Gasteiger partial charge in [0.1, 0.15) is 0 Å². The molecule has 0 unspecified atom stereocenters. The molecule has 1 fully saturated rings. The second-order valence-electron chi connectivity index (χ2n) is 8.33. The number of Topliss-reactive ketones (excluding diaryl/α,β-unsaturated/α-hetero) is 1. The predicted molar refractivity (Wildman–Crippen MR) is 133 cm³/mol. The first-order valence-corrected chi connectivity index (χ1v) is 12.3. The minimum absolute atomic E-state index is 0.0959. The number of benzene rings is 2. The second kappa shape index (κ2) is 9.87. The Morgan fingerprint density at radius 2 is 1.85 bits per heavy atom. The van der Waals surface area contributed by atoms with Gasteiger partial charge in [0, 0.05) is 54.3 Å². The molecule has 3 aromatic rings. The van der Waals surface area contributed by atoms with Gasteiger partial charge < -0.3 is 15.4 Å². The summed E-state index contributed by atoms with van der Waals surface area (Å²) in [5.41, 5.74) is 4.95. The lowest BCUT2D eigenvalue weighted by molar-refractivity contribution is 0.0398. The third kappa shape index (κ3) is 4.85. The Kier molecular flexibility index (Phi) is 6.53. The maximum atomic E-state index is 12.9. The standard InChI is InChI=1S/C26H27N3O3S/c30-23-10-8-21-20(24-2-1-17-33-24)7-9-22(25(21)23)28-26(31)18-3-5-19(6-4-18)27-11-12-29-13-15-32-16-14-29/h1-7,9,17,27H,8,10-16H2,(H,28,31). The molecule has 1 aliphatic heterocycles. The van der Waals surface area contributed by atoms with Gasteiger partial charge in [-0.3, -0.25) is 14.5 Å². The molecule has 0 atom stereocenters. The number of carbonyl (C=O) groups excluding carboxylic acids is 2. The molecule has 0 saturated carbocycles. The Morgan fingerprint density at radius 1 is 1.03 bits per heavy atom. The molecular formula is C26H27N3O3S. The highest BCUT2D eigenvalue weighted by Crippen LogP contribution is 2.38. The summed E-state index contributed by atoms with van der Waals surface area (Å²) in [6.07, 6.45) is 1.21. The van der Waals surface area contributed by atoms with Gasteiger partial charge in [0.2, 0.25) is 0 Å². The van der Waals surface area contributed by atoms with Crippen molar-refractivity contribution in [3.8, 4) is 10.4 Å². The number of amides is 1. The van der Waals surface area contributed by atoms with Crippen molar-refractivity contribution in [1.29, 1.82) is 0 Å². The fourth-order valence-corrected chi connectivity index (χ4v) is 5.25. The van der Waals surface area contributed by atoms with Crippen LogP contribution in [0.15, 0.2) is 53.9 Å². The Bertz CT molecular complexity index is 1140. The second-order valence-corrected chi connectivity index (χ2v) is 9.27. The maximum absolute atomic E-state index is 12.9. The lowest BCUT2D eigenvalue weighted by Gasteiger charge is -2.26. The van der Waals surface area contributed by atoms with Gasteiger partial charge in [0.05, 0.1) is 18.9 Å². The summed E-state index contributed by atoms with van der Waals surface area (Å²) in [6.45, 7) is 5.36. The normalized spacial score (nSPS) is 15.9. The van der Waals surface area contributed by atoms with E-state index < -0.39 is 0 Å². The van der Waals surface area contributed by atoms with E-state index in [1.54, 1.807) is 11.3 Å². The van der Waals surface area contributed by atoms with Gasteiger partial charge >= 0.3 is 0 Å². The van der Waals surface area contributed by atoms with Crippen molar-refractivity contribution in [2.45, 2.75) is 12.8 Å². The molecule has 0 bridgehead atoms. The molecule has 33 heavy (non-hydrogen) atoms. The van der Waals surface area contributed by atoms with Gasteiger partial charge in [0.25, 0.3) is 5.91 Å². The van der Waals surface area contributed by atoms with Crippen molar-refractivity contribution in [1.82, 2.24) is 4.90 Å². The third-order valence-electron chi connectivity index (χ3n) is 6.24. The van der Waals surface area contributed by atoms with E-state index >= 15 is 0 Å². The van der Waals surface area contributed by atoms with E-state index in [0.29, 0.717) is 23.2 Å². The molecule has 0 spiro atoms. The van der Waals surface area contributed by atoms with Crippen LogP contribution < -0.4 is 10.6 Å². The van der Waals surface area contributed by atoms with Crippen molar-refractivity contribution in [2.24, 2.45) is 0 Å². The number of rotatable bonds is 7. The topological polar surface area (TPSA) is 70.7 Å². The molecular weight excluding hydrogens is 434 g/mol. The molecule has 1 aromatic heterocycles. The minimum Gasteiger partial charge on any atom is -0.384 e. The van der Waals surface area contributed by atoms with Crippen LogP contribution in [0.3, 0.4) is 0 Å². The summed E-state index contributed by atoms with van der Waals surface area (Å²) in [5.74, 6) is -0.112. The zero-order chi connectivity index (χ0) is 22.6. The highest BCUT2D eigenvalue weighted by molar-refractivity contribution is 7.13. The van der Waals surface area contributed by atoms with E-state index in [1.165, 1.54) is 0 Å². The molecule has 1 saturated heterocycles. The lowest BCUT2D eigenvalue weighted by Crippen LogP contribution is -2.39. The number of anilines is 2. The third-order valence-corrected chi connectivity index (χ3v) is 7.14. The molecule has 0 radical (unpaired) electrons. The average Bonchev–Trinajstić information content (AvgIpc) is 3.51. The van der Waals surface area contributed by atoms with E-state index in [9.17, 15) is 9.59 Å². The number of ketones is 1. The fourth-order valence-electron chi connectivity index (χ4n) is 4.47. The summed E-state index contributed by atoms with van der Waals surface area (Å²) < 4.78 is 5.38. The quantitative estimate of drug-likeness (QED) is 0.541. The first-order chi connectivity index (χ1) is 16.2. The number of ether oxygens (including phenoxy) is 1. The van der Waals surface area contributed by atoms with Crippen LogP contribution in [0.1, 0.15) is 32.7 Å². The monoisotopic (exact) mass is 461 g/mol. The van der Waals surface area contributed by atoms with Crippen LogP contribution in [0.25, 0.3) is 10.4 Å². The lowest BCUT2D eigenvalue weighted by atomic mass is 10.00. The number of thiophene rings is 1. The van der Waals surface area contributed by atoms with Gasteiger partial charge in [-0.25, -0.2) is 0 Å². The Morgan fingerprint density at radius 3 is 2.61 bits per heavy atom. The molecule has 2 aliphatic rings. The van der Waals surface area contributed by atoms with Crippen LogP contribution >= 0.6 is 11.3 Å². The van der Waals surface area contributed by atoms with Crippen molar-refractivity contribution < 1.29 is 14.3 Å². The number of fused-ring (bicyclic) bond motifs is 1. The van der Waals surface area contributed by atoms with E-state index in [1.807, 2.05) is 47.8 Å². The Balaban J connectivity index is 1.24. The van der Waals surface area contributed by atoms with Crippen LogP contribution in [-0.4, -0.2) is 56.0 Å². The molecule has 2 aromatic carbocycles. The van der Waals surface area contributed by atoms with Crippen LogP contribution in [0.2, 0.25) is 0 Å². The Labute approximate surface area is 197 Å². The highest BCUT2D eigenvalue weighted by Gasteiger charge is 2.27. The average molecular weight is 462 g/mol. The largest absolute Gasteiger partial charge is 0.384 e. The van der Waals surface area contributed by atoms with Crippen LogP contribution in [0.5, 0.6) is 0 Å². The molecule has 5 rings (SSSR count). The zero-order valence-electron chi connectivity index (χ0n) is 18.4.